The van der Waals surface area contributed by atoms with Crippen LogP contribution in [0.3, 0.4) is 0 Å². The molecular formula is C10H20N2O2S4. The lowest BCUT2D eigenvalue weighted by atomic mass is 10.7. The lowest BCUT2D eigenvalue weighted by Crippen LogP contribution is -2.25. The molecule has 0 aromatic heterocycles. The van der Waals surface area contributed by atoms with Gasteiger partial charge in [-0.25, -0.2) is 0 Å². The van der Waals surface area contributed by atoms with Crippen LogP contribution in [-0.4, -0.2) is 48.2 Å². The average Bonchev–Trinajstić information content (AvgIpc) is 2.37. The van der Waals surface area contributed by atoms with Crippen molar-refractivity contribution in [3.05, 3.63) is 0 Å². The number of rotatable bonds is 8. The van der Waals surface area contributed by atoms with E-state index in [1.165, 1.54) is 21.6 Å². The Kier molecular flexibility index (Phi) is 14.1. The molecule has 0 aliphatic rings. The molecule has 0 heterocycles. The second kappa shape index (κ2) is 13.8. The fourth-order valence-electron chi connectivity index (χ4n) is 0.874. The summed E-state index contributed by atoms with van der Waals surface area (Å²) in [6.45, 7) is 8.17. The number of hydrogen-bond donors (Lipinski definition) is 2. The topological polar surface area (TPSA) is 42.5 Å². The van der Waals surface area contributed by atoms with E-state index < -0.39 is 0 Å². The molecule has 0 aromatic rings. The molecule has 0 aromatic carbocycles. The summed E-state index contributed by atoms with van der Waals surface area (Å²) in [5, 5.41) is 6.17. The molecule has 0 fully saturated rings. The van der Waals surface area contributed by atoms with Crippen molar-refractivity contribution in [2.24, 2.45) is 0 Å². The molecule has 0 radical (unpaired) electrons. The monoisotopic (exact) mass is 328 g/mol. The first-order valence-corrected chi connectivity index (χ1v) is 8.73. The van der Waals surface area contributed by atoms with Gasteiger partial charge >= 0.3 is 0 Å². The van der Waals surface area contributed by atoms with Crippen molar-refractivity contribution in [2.45, 2.75) is 13.8 Å². The minimum absolute atomic E-state index is 0.666. The maximum atomic E-state index is 5.20. The summed E-state index contributed by atoms with van der Waals surface area (Å²) in [5.74, 6) is 0. The molecular weight excluding hydrogens is 308 g/mol. The Bertz CT molecular complexity index is 218. The Morgan fingerprint density at radius 3 is 1.61 bits per heavy atom. The number of ether oxygens (including phenoxy) is 2. The smallest absolute Gasteiger partial charge is 0.144 e. The molecule has 18 heavy (non-hydrogen) atoms. The van der Waals surface area contributed by atoms with Crippen LogP contribution in [0.25, 0.3) is 0 Å². The van der Waals surface area contributed by atoms with Gasteiger partial charge < -0.3 is 20.1 Å². The average molecular weight is 329 g/mol. The van der Waals surface area contributed by atoms with Crippen LogP contribution in [0.2, 0.25) is 0 Å². The first-order chi connectivity index (χ1) is 8.70. The third kappa shape index (κ3) is 12.8. The lowest BCUT2D eigenvalue weighted by molar-refractivity contribution is 0.153. The fourth-order valence-corrected chi connectivity index (χ4v) is 2.97. The minimum atomic E-state index is 0.666. The number of nitrogens with one attached hydrogen (secondary N) is 2. The maximum absolute atomic E-state index is 5.20. The van der Waals surface area contributed by atoms with E-state index in [9.17, 15) is 0 Å². The molecule has 0 rings (SSSR count). The summed E-state index contributed by atoms with van der Waals surface area (Å²) >= 11 is 10.3. The predicted molar refractivity (Wildman–Crippen MR) is 89.4 cm³/mol. The molecule has 0 spiro atoms. The number of thiocarbonyl (C=S) groups is 2. The molecule has 0 atom stereocenters. The van der Waals surface area contributed by atoms with Crippen molar-refractivity contribution in [3.63, 3.8) is 0 Å². The maximum Gasteiger partial charge on any atom is 0.144 e. The summed E-state index contributed by atoms with van der Waals surface area (Å²) < 4.78 is 11.8. The molecule has 4 nitrogen and oxygen atoms in total. The van der Waals surface area contributed by atoms with Gasteiger partial charge in [0, 0.05) is 26.3 Å². The van der Waals surface area contributed by atoms with E-state index in [1.54, 1.807) is 0 Å². The van der Waals surface area contributed by atoms with E-state index in [1.807, 2.05) is 13.8 Å². The highest BCUT2D eigenvalue weighted by molar-refractivity contribution is 8.89. The molecule has 8 heteroatoms. The van der Waals surface area contributed by atoms with Gasteiger partial charge in [0.05, 0.1) is 13.2 Å². The van der Waals surface area contributed by atoms with Crippen LogP contribution in [-0.2, 0) is 9.47 Å². The highest BCUT2D eigenvalue weighted by Crippen LogP contribution is 2.22. The Morgan fingerprint density at radius 1 is 0.889 bits per heavy atom. The molecule has 0 saturated heterocycles. The van der Waals surface area contributed by atoms with E-state index in [0.29, 0.717) is 21.9 Å². The summed E-state index contributed by atoms with van der Waals surface area (Å²) in [7, 11) is 2.89. The van der Waals surface area contributed by atoms with Gasteiger partial charge in [0.1, 0.15) is 8.64 Å². The highest BCUT2D eigenvalue weighted by atomic mass is 33.1. The summed E-state index contributed by atoms with van der Waals surface area (Å²) in [4.78, 5) is 0. The fraction of sp³-hybridized carbons (Fsp3) is 0.800. The van der Waals surface area contributed by atoms with Crippen LogP contribution in [0, 0.1) is 0 Å². The van der Waals surface area contributed by atoms with E-state index >= 15 is 0 Å². The van der Waals surface area contributed by atoms with Crippen molar-refractivity contribution in [1.82, 2.24) is 10.6 Å². The van der Waals surface area contributed by atoms with Crippen molar-refractivity contribution in [2.75, 3.05) is 39.5 Å². The van der Waals surface area contributed by atoms with Crippen molar-refractivity contribution < 1.29 is 9.47 Å². The molecule has 0 unspecified atom stereocenters. The first-order valence-electron chi connectivity index (χ1n) is 5.76. The molecule has 0 amide bonds. The Hall–Kier alpha value is 0.400. The Labute approximate surface area is 128 Å². The molecule has 0 aliphatic carbocycles. The third-order valence-corrected chi connectivity index (χ3v) is 4.98. The quantitative estimate of drug-likeness (QED) is 0.399. The van der Waals surface area contributed by atoms with Gasteiger partial charge in [-0.3, -0.25) is 0 Å². The van der Waals surface area contributed by atoms with Gasteiger partial charge in [-0.15, -0.1) is 0 Å². The molecule has 106 valence electrons. The van der Waals surface area contributed by atoms with Gasteiger partial charge in [0.15, 0.2) is 0 Å². The van der Waals surface area contributed by atoms with Gasteiger partial charge in [-0.1, -0.05) is 24.4 Å². The number of hydrogen-bond acceptors (Lipinski definition) is 6. The zero-order valence-corrected chi connectivity index (χ0v) is 14.0. The highest BCUT2D eigenvalue weighted by Gasteiger charge is 2.01. The molecule has 0 aliphatic heterocycles. The van der Waals surface area contributed by atoms with Gasteiger partial charge in [-0.2, -0.15) is 0 Å². The minimum Gasteiger partial charge on any atom is -0.380 e. The largest absolute Gasteiger partial charge is 0.380 e. The van der Waals surface area contributed by atoms with Crippen LogP contribution >= 0.6 is 46.0 Å². The summed E-state index contributed by atoms with van der Waals surface area (Å²) in [6, 6.07) is 0. The standard InChI is InChI=1S/C10H20N2O2S4/c1-3-13-7-5-11-9(15)17-18-10(16)12-6-8-14-4-2/h3-8H2,1-2H3,(H,11,15)(H,12,16). The molecule has 0 bridgehead atoms. The molecule has 0 saturated carbocycles. The second-order valence-electron chi connectivity index (χ2n) is 2.99. The van der Waals surface area contributed by atoms with Crippen LogP contribution in [0.5, 0.6) is 0 Å². The van der Waals surface area contributed by atoms with Crippen LogP contribution in [0.15, 0.2) is 0 Å². The van der Waals surface area contributed by atoms with E-state index in [2.05, 4.69) is 10.6 Å². The van der Waals surface area contributed by atoms with E-state index in [-0.39, 0.29) is 0 Å². The zero-order valence-electron chi connectivity index (χ0n) is 10.7. The zero-order chi connectivity index (χ0) is 13.6. The van der Waals surface area contributed by atoms with Gasteiger partial charge in [0.2, 0.25) is 0 Å². The van der Waals surface area contributed by atoms with Crippen molar-refractivity contribution in [3.8, 4) is 0 Å². The summed E-state index contributed by atoms with van der Waals surface area (Å²) in [6.07, 6.45) is 0. The van der Waals surface area contributed by atoms with Crippen LogP contribution in [0.4, 0.5) is 0 Å². The summed E-state index contributed by atoms with van der Waals surface area (Å²) in [5.41, 5.74) is 0. The first kappa shape index (κ1) is 18.4. The van der Waals surface area contributed by atoms with Crippen molar-refractivity contribution in [1.29, 1.82) is 0 Å². The van der Waals surface area contributed by atoms with E-state index in [0.717, 1.165) is 26.3 Å². The van der Waals surface area contributed by atoms with Crippen LogP contribution < -0.4 is 10.6 Å². The lowest BCUT2D eigenvalue weighted by Gasteiger charge is -2.08. The second-order valence-corrected chi connectivity index (χ2v) is 6.47. The van der Waals surface area contributed by atoms with Gasteiger partial charge in [0.25, 0.3) is 0 Å². The van der Waals surface area contributed by atoms with Crippen LogP contribution in [0.1, 0.15) is 13.8 Å². The SMILES string of the molecule is CCOCCNC(=S)SSC(=S)NCCOCC. The van der Waals surface area contributed by atoms with E-state index in [4.69, 9.17) is 33.9 Å². The van der Waals surface area contributed by atoms with Gasteiger partial charge in [-0.05, 0) is 35.4 Å². The Morgan fingerprint density at radius 2 is 1.28 bits per heavy atom. The normalized spacial score (nSPS) is 10.1. The third-order valence-electron chi connectivity index (χ3n) is 1.63. The van der Waals surface area contributed by atoms with Crippen molar-refractivity contribution >= 4 is 54.7 Å². The molecule has 2 N–H and O–H groups in total. The Balaban J connectivity index is 3.39. The predicted octanol–water partition coefficient (Wildman–Crippen LogP) is 2.19.